The number of nitrogens with zero attached hydrogens (tertiary/aromatic N) is 4. The summed E-state index contributed by atoms with van der Waals surface area (Å²) in [4.78, 5) is 65.8. The lowest BCUT2D eigenvalue weighted by Gasteiger charge is -2.49. The lowest BCUT2D eigenvalue weighted by Crippen LogP contribution is -2.61. The van der Waals surface area contributed by atoms with Gasteiger partial charge in [-0.05, 0) is 107 Å². The number of hydrogen-bond donors (Lipinski definition) is 6. The van der Waals surface area contributed by atoms with Crippen LogP contribution >= 0.6 is 11.8 Å². The minimum Gasteiger partial charge on any atom is -0.459 e. The number of benzene rings is 1. The van der Waals surface area contributed by atoms with Gasteiger partial charge in [0.05, 0.1) is 65.5 Å². The van der Waals surface area contributed by atoms with Gasteiger partial charge in [0.2, 0.25) is 11.8 Å². The fourth-order valence-electron chi connectivity index (χ4n) is 10.7. The third-order valence-electron chi connectivity index (χ3n) is 15.1. The summed E-state index contributed by atoms with van der Waals surface area (Å²) in [6.45, 7) is 16.7. The van der Waals surface area contributed by atoms with E-state index in [2.05, 4.69) is 20.6 Å². The molecule has 22 heteroatoms. The second kappa shape index (κ2) is 26.1. The van der Waals surface area contributed by atoms with Crippen molar-refractivity contribution in [1.29, 1.82) is 0 Å². The second-order valence-electron chi connectivity index (χ2n) is 21.7. The molecule has 3 aliphatic rings. The maximum Gasteiger partial charge on any atom is 0.325 e. The number of aromatic nitrogens is 2. The zero-order valence-corrected chi connectivity index (χ0v) is 46.5. The SMILES string of the molecule is CC[C@@H]1OC(=O)[C@H](C)[C@@H](O[C@H]2C[C@@](C)(OC)[C@@H](OC(=O)CNC(=O)CNC(=O)CSc3cnc4ccccc4n3)[C@H](C)O2)[C@@H](C)[C@@H](O[C@@H]2O[C@H](C)C[C@H](N(C)C)[C@H]2O)[C@](C)(O)C[C@@H](C)CN(C)[C@H](C)[C@@H](O)[C@]1(C)O. The summed E-state index contributed by atoms with van der Waals surface area (Å²) in [6, 6.07) is 6.42. The number of hydrogen-bond acceptors (Lipinski definition) is 20. The Bertz CT molecular complexity index is 2190. The number of para-hydroxylation sites is 2. The van der Waals surface area contributed by atoms with Crippen LogP contribution in [-0.4, -0.2) is 208 Å². The predicted molar refractivity (Wildman–Crippen MR) is 274 cm³/mol. The van der Waals surface area contributed by atoms with E-state index in [1.807, 2.05) is 69.1 Å². The summed E-state index contributed by atoms with van der Waals surface area (Å²) in [5, 5.41) is 53.6. The van der Waals surface area contributed by atoms with Gasteiger partial charge in [0.1, 0.15) is 41.1 Å². The molecular formula is C52H84N6O15S. The quantitative estimate of drug-likeness (QED) is 0.110. The molecule has 18 atom stereocenters. The number of fused-ring (bicyclic) bond motifs is 1. The molecule has 3 saturated heterocycles. The zero-order valence-electron chi connectivity index (χ0n) is 45.7. The molecule has 418 valence electrons. The fraction of sp³-hybridized carbons (Fsp3) is 0.769. The van der Waals surface area contributed by atoms with Crippen molar-refractivity contribution in [3.8, 4) is 0 Å². The molecule has 0 saturated carbocycles. The molecule has 2 aromatic rings. The molecule has 2 amide bonds. The Morgan fingerprint density at radius 3 is 2.24 bits per heavy atom. The highest BCUT2D eigenvalue weighted by atomic mass is 32.2. The summed E-state index contributed by atoms with van der Waals surface area (Å²) < 4.78 is 44.4. The van der Waals surface area contributed by atoms with Crippen molar-refractivity contribution in [2.75, 3.05) is 53.6 Å². The van der Waals surface area contributed by atoms with E-state index >= 15 is 0 Å². The highest BCUT2D eigenvalue weighted by molar-refractivity contribution is 7.99. The smallest absolute Gasteiger partial charge is 0.325 e. The number of cyclic esters (lactones) is 1. The van der Waals surface area contributed by atoms with Gasteiger partial charge in [-0.2, -0.15) is 0 Å². The molecule has 4 heterocycles. The largest absolute Gasteiger partial charge is 0.459 e. The standard InChI is InChI=1S/C52H84N6O15S/c1-15-37-52(10,66)45(63)32(6)58(13)26-28(2)21-50(8,65)46(73-49-43(62)36(57(11)12)20-29(3)68-49)30(4)44(31(5)48(64)70-37)72-42-22-51(9,67-14)47(33(7)69-42)71-41(61)25-55-38(59)23-54-39(60)27-74-40-24-53-34-18-16-17-19-35(34)56-40/h16-19,24,28-33,36-37,42-47,49,62-63,65-66H,15,20-23,25-27H2,1-14H3,(H,54,60)(H,55,59)/t28-,29-,30-,31-,32-,33+,36+,37+,42+,43-,44+,45-,46-,47+,49+,50-,51-,52-/m1/s1. The van der Waals surface area contributed by atoms with Crippen molar-refractivity contribution in [2.45, 2.75) is 190 Å². The van der Waals surface area contributed by atoms with E-state index in [1.54, 1.807) is 54.7 Å². The molecule has 0 spiro atoms. The Balaban J connectivity index is 1.34. The van der Waals surface area contributed by atoms with Crippen molar-refractivity contribution in [1.82, 2.24) is 30.4 Å². The van der Waals surface area contributed by atoms with Crippen molar-refractivity contribution in [2.24, 2.45) is 17.8 Å². The first kappa shape index (κ1) is 61.2. The Morgan fingerprint density at radius 1 is 0.932 bits per heavy atom. The minimum absolute atomic E-state index is 0.0133. The van der Waals surface area contributed by atoms with Gasteiger partial charge in [0.25, 0.3) is 0 Å². The number of carbonyl (C=O) groups is 4. The van der Waals surface area contributed by atoms with Crippen LogP contribution in [0.1, 0.15) is 94.9 Å². The number of ether oxygens (including phenoxy) is 7. The number of amides is 2. The highest BCUT2D eigenvalue weighted by Gasteiger charge is 2.54. The Kier molecular flexibility index (Phi) is 21.6. The van der Waals surface area contributed by atoms with E-state index < -0.39 is 120 Å². The molecule has 1 aromatic carbocycles. The molecular weight excluding hydrogens is 981 g/mol. The summed E-state index contributed by atoms with van der Waals surface area (Å²) >= 11 is 1.17. The first-order valence-corrected chi connectivity index (χ1v) is 26.7. The van der Waals surface area contributed by atoms with Crippen molar-refractivity contribution in [3.63, 3.8) is 0 Å². The van der Waals surface area contributed by atoms with Crippen LogP contribution in [0.2, 0.25) is 0 Å². The van der Waals surface area contributed by atoms with Gasteiger partial charge in [-0.3, -0.25) is 24.2 Å². The van der Waals surface area contributed by atoms with Crippen LogP contribution in [0, 0.1) is 17.8 Å². The molecule has 6 N–H and O–H groups in total. The van der Waals surface area contributed by atoms with Crippen LogP contribution < -0.4 is 10.6 Å². The van der Waals surface area contributed by atoms with Gasteiger partial charge in [-0.25, -0.2) is 4.98 Å². The van der Waals surface area contributed by atoms with Crippen LogP contribution in [0.15, 0.2) is 35.5 Å². The molecule has 5 rings (SSSR count). The summed E-state index contributed by atoms with van der Waals surface area (Å²) in [6.07, 6.45) is -8.06. The van der Waals surface area contributed by atoms with Gasteiger partial charge in [-0.15, -0.1) is 0 Å². The lowest BCUT2D eigenvalue weighted by atomic mass is 9.77. The maximum atomic E-state index is 14.5. The van der Waals surface area contributed by atoms with Gasteiger partial charge < -0.3 is 74.0 Å². The number of likely N-dealkylation sites (N-methyl/N-ethyl adjacent to an activating group) is 2. The zero-order chi connectivity index (χ0) is 55.0. The molecule has 1 aromatic heterocycles. The third kappa shape index (κ3) is 15.3. The van der Waals surface area contributed by atoms with Crippen LogP contribution in [0.5, 0.6) is 0 Å². The average molecular weight is 1070 g/mol. The number of rotatable bonds is 15. The predicted octanol–water partition coefficient (Wildman–Crippen LogP) is 2.42. The number of esters is 2. The molecule has 0 radical (unpaired) electrons. The van der Waals surface area contributed by atoms with Gasteiger partial charge in [0.15, 0.2) is 18.7 Å². The van der Waals surface area contributed by atoms with Gasteiger partial charge >= 0.3 is 11.9 Å². The fourth-order valence-corrected chi connectivity index (χ4v) is 11.4. The molecule has 0 unspecified atom stereocenters. The van der Waals surface area contributed by atoms with E-state index in [0.29, 0.717) is 23.5 Å². The summed E-state index contributed by atoms with van der Waals surface area (Å²) in [5.74, 6) is -4.83. The third-order valence-corrected chi connectivity index (χ3v) is 16.0. The number of carbonyl (C=O) groups excluding carboxylic acids is 4. The molecule has 21 nitrogen and oxygen atoms in total. The highest BCUT2D eigenvalue weighted by Crippen LogP contribution is 2.41. The van der Waals surface area contributed by atoms with Crippen molar-refractivity contribution >= 4 is 46.5 Å². The number of aliphatic hydroxyl groups excluding tert-OH is 2. The van der Waals surface area contributed by atoms with E-state index in [9.17, 15) is 39.6 Å². The Hall–Kier alpha value is -3.65. The Labute approximate surface area is 440 Å². The number of thioether (sulfide) groups is 1. The molecule has 3 fully saturated rings. The van der Waals surface area contributed by atoms with E-state index in [4.69, 9.17) is 33.2 Å². The van der Waals surface area contributed by atoms with E-state index in [1.165, 1.54) is 25.8 Å². The lowest BCUT2D eigenvalue weighted by molar-refractivity contribution is -0.318. The molecule has 3 aliphatic heterocycles. The number of nitrogens with one attached hydrogen (secondary N) is 2. The summed E-state index contributed by atoms with van der Waals surface area (Å²) in [5.41, 5.74) is -3.37. The average Bonchev–Trinajstić information content (AvgIpc) is 3.34. The first-order valence-electron chi connectivity index (χ1n) is 25.7. The van der Waals surface area contributed by atoms with Crippen LogP contribution in [-0.2, 0) is 52.3 Å². The van der Waals surface area contributed by atoms with E-state index in [-0.39, 0.29) is 49.6 Å². The van der Waals surface area contributed by atoms with Crippen molar-refractivity contribution in [3.05, 3.63) is 30.5 Å². The molecule has 74 heavy (non-hydrogen) atoms. The number of aliphatic hydroxyl groups is 4. The van der Waals surface area contributed by atoms with E-state index in [0.717, 1.165) is 5.52 Å². The van der Waals surface area contributed by atoms with Crippen molar-refractivity contribution < 1.29 is 72.8 Å². The van der Waals surface area contributed by atoms with Crippen LogP contribution in [0.25, 0.3) is 11.0 Å². The number of methoxy groups -OCH3 is 1. The van der Waals surface area contributed by atoms with Crippen LogP contribution in [0.3, 0.4) is 0 Å². The van der Waals surface area contributed by atoms with Gasteiger partial charge in [0, 0.05) is 38.1 Å². The van der Waals surface area contributed by atoms with Gasteiger partial charge in [-0.1, -0.05) is 44.7 Å². The normalized spacial score (nSPS) is 38.1. The monoisotopic (exact) mass is 1060 g/mol. The molecule has 0 bridgehead atoms. The molecule has 0 aliphatic carbocycles. The topological polar surface area (TPSA) is 270 Å². The first-order chi connectivity index (χ1) is 34.6. The second-order valence-corrected chi connectivity index (χ2v) is 22.7. The van der Waals surface area contributed by atoms with Crippen LogP contribution in [0.4, 0.5) is 0 Å². The Morgan fingerprint density at radius 2 is 1.59 bits per heavy atom. The maximum absolute atomic E-state index is 14.5. The minimum atomic E-state index is -1.88. The summed E-state index contributed by atoms with van der Waals surface area (Å²) in [7, 11) is 6.98.